The van der Waals surface area contributed by atoms with Gasteiger partial charge in [-0.1, -0.05) is 23.7 Å². The molecule has 7 nitrogen and oxygen atoms in total. The summed E-state index contributed by atoms with van der Waals surface area (Å²) in [5, 5.41) is 4.05. The number of hydrogen-bond donors (Lipinski definition) is 1. The number of H-pyrrole nitrogens is 1. The number of carbonyl (C=O) groups excluding carboxylic acids is 1. The lowest BCUT2D eigenvalue weighted by molar-refractivity contribution is -0.130. The monoisotopic (exact) mass is 414 g/mol. The zero-order chi connectivity index (χ0) is 20.7. The summed E-state index contributed by atoms with van der Waals surface area (Å²) in [6.45, 7) is 3.48. The Kier molecular flexibility index (Phi) is 5.08. The van der Waals surface area contributed by atoms with Crippen LogP contribution in [0.5, 0.6) is 0 Å². The molecule has 1 aliphatic rings. The van der Waals surface area contributed by atoms with Crippen LogP contribution in [-0.2, 0) is 18.4 Å². The van der Waals surface area contributed by atoms with Crippen molar-refractivity contribution in [3.8, 4) is 11.3 Å². The highest BCUT2D eigenvalue weighted by atomic mass is 35.5. The number of benzene rings is 1. The number of piperidine rings is 1. The Balaban J connectivity index is 1.82. The molecule has 1 aromatic carbocycles. The molecule has 2 aromatic heterocycles. The normalized spacial score (nSPS) is 15.2. The molecule has 1 amide bonds. The van der Waals surface area contributed by atoms with Gasteiger partial charge >= 0.3 is 0 Å². The van der Waals surface area contributed by atoms with Gasteiger partial charge in [0.25, 0.3) is 11.1 Å². The highest BCUT2D eigenvalue weighted by Gasteiger charge is 2.24. The first-order chi connectivity index (χ1) is 13.8. The average Bonchev–Trinajstić information content (AvgIpc) is 2.97. The van der Waals surface area contributed by atoms with Crippen LogP contribution in [0.15, 0.2) is 39.9 Å². The van der Waals surface area contributed by atoms with Gasteiger partial charge in [0.1, 0.15) is 0 Å². The van der Waals surface area contributed by atoms with Crippen LogP contribution in [0.25, 0.3) is 22.2 Å². The van der Waals surface area contributed by atoms with Crippen LogP contribution in [0.2, 0.25) is 5.02 Å². The predicted octanol–water partition coefficient (Wildman–Crippen LogP) is 2.61. The SMILES string of the molecule is CC(=O)N1CCC(Cn2c(-c3ccc(Cl)cc3)c3c(=O)n(C)[nH]c3cc2=O)CC1. The molecule has 0 saturated carbocycles. The largest absolute Gasteiger partial charge is 0.343 e. The second kappa shape index (κ2) is 7.55. The van der Waals surface area contributed by atoms with E-state index in [4.69, 9.17) is 11.6 Å². The number of nitrogens with one attached hydrogen (secondary N) is 1. The number of hydrogen-bond acceptors (Lipinski definition) is 3. The molecule has 0 bridgehead atoms. The summed E-state index contributed by atoms with van der Waals surface area (Å²) in [5.74, 6) is 0.342. The van der Waals surface area contributed by atoms with Crippen LogP contribution in [0.3, 0.4) is 0 Å². The van der Waals surface area contributed by atoms with Gasteiger partial charge in [0.2, 0.25) is 5.91 Å². The molecule has 29 heavy (non-hydrogen) atoms. The van der Waals surface area contributed by atoms with Crippen molar-refractivity contribution in [3.63, 3.8) is 0 Å². The van der Waals surface area contributed by atoms with E-state index in [1.807, 2.05) is 17.0 Å². The Morgan fingerprint density at radius 3 is 2.45 bits per heavy atom. The second-order valence-electron chi connectivity index (χ2n) is 7.66. The van der Waals surface area contributed by atoms with Crippen molar-refractivity contribution in [2.24, 2.45) is 13.0 Å². The maximum atomic E-state index is 13.0. The number of rotatable bonds is 3. The summed E-state index contributed by atoms with van der Waals surface area (Å²) in [6, 6.07) is 8.66. The fraction of sp³-hybridized carbons (Fsp3) is 0.381. The molecular weight excluding hydrogens is 392 g/mol. The Hall–Kier alpha value is -2.80. The number of likely N-dealkylation sites (tertiary alicyclic amines) is 1. The summed E-state index contributed by atoms with van der Waals surface area (Å²) >= 11 is 6.05. The van der Waals surface area contributed by atoms with Crippen molar-refractivity contribution in [1.82, 2.24) is 19.2 Å². The summed E-state index contributed by atoms with van der Waals surface area (Å²) in [5.41, 5.74) is 1.58. The minimum Gasteiger partial charge on any atom is -0.343 e. The van der Waals surface area contributed by atoms with Gasteiger partial charge in [0.15, 0.2) is 0 Å². The number of halogens is 1. The number of aromatic amines is 1. The van der Waals surface area contributed by atoms with E-state index >= 15 is 0 Å². The van der Waals surface area contributed by atoms with Crippen LogP contribution in [0, 0.1) is 5.92 Å². The number of fused-ring (bicyclic) bond motifs is 1. The molecule has 0 radical (unpaired) electrons. The fourth-order valence-corrected chi connectivity index (χ4v) is 4.25. The van der Waals surface area contributed by atoms with Crippen LogP contribution in [0.4, 0.5) is 0 Å². The van der Waals surface area contributed by atoms with E-state index in [1.165, 1.54) is 10.7 Å². The Morgan fingerprint density at radius 1 is 1.17 bits per heavy atom. The Labute approximate surface area is 172 Å². The van der Waals surface area contributed by atoms with Crippen molar-refractivity contribution in [2.45, 2.75) is 26.3 Å². The molecule has 0 aliphatic carbocycles. The van der Waals surface area contributed by atoms with Crippen LogP contribution in [0.1, 0.15) is 19.8 Å². The smallest absolute Gasteiger partial charge is 0.276 e. The molecule has 3 heterocycles. The third-order valence-electron chi connectivity index (χ3n) is 5.73. The van der Waals surface area contributed by atoms with Crippen molar-refractivity contribution < 1.29 is 4.79 Å². The highest BCUT2D eigenvalue weighted by Crippen LogP contribution is 2.28. The Bertz CT molecular complexity index is 1180. The number of aromatic nitrogens is 3. The van der Waals surface area contributed by atoms with Gasteiger partial charge in [0, 0.05) is 44.7 Å². The van der Waals surface area contributed by atoms with Gasteiger partial charge in [-0.15, -0.1) is 0 Å². The third-order valence-corrected chi connectivity index (χ3v) is 5.99. The first-order valence-electron chi connectivity index (χ1n) is 9.69. The molecule has 1 fully saturated rings. The predicted molar refractivity (Wildman–Crippen MR) is 113 cm³/mol. The summed E-state index contributed by atoms with van der Waals surface area (Å²) in [7, 11) is 1.64. The van der Waals surface area contributed by atoms with Crippen molar-refractivity contribution in [2.75, 3.05) is 13.1 Å². The molecule has 4 rings (SSSR count). The molecule has 1 saturated heterocycles. The van der Waals surface area contributed by atoms with E-state index in [-0.39, 0.29) is 22.9 Å². The summed E-state index contributed by atoms with van der Waals surface area (Å²) < 4.78 is 3.09. The molecule has 8 heteroatoms. The lowest BCUT2D eigenvalue weighted by Crippen LogP contribution is -2.39. The van der Waals surface area contributed by atoms with Gasteiger partial charge in [-0.2, -0.15) is 0 Å². The molecule has 0 atom stereocenters. The molecule has 1 N–H and O–H groups in total. The van der Waals surface area contributed by atoms with E-state index in [0.29, 0.717) is 41.3 Å². The highest BCUT2D eigenvalue weighted by molar-refractivity contribution is 6.30. The van der Waals surface area contributed by atoms with Gasteiger partial charge in [-0.25, -0.2) is 0 Å². The number of pyridine rings is 1. The topological polar surface area (TPSA) is 80.1 Å². The number of carbonyl (C=O) groups is 1. The fourth-order valence-electron chi connectivity index (χ4n) is 4.13. The number of nitrogens with zero attached hydrogens (tertiary/aromatic N) is 3. The number of aryl methyl sites for hydroxylation is 1. The average molecular weight is 415 g/mol. The van der Waals surface area contributed by atoms with E-state index in [9.17, 15) is 14.4 Å². The van der Waals surface area contributed by atoms with E-state index in [2.05, 4.69) is 5.10 Å². The maximum absolute atomic E-state index is 13.0. The first-order valence-corrected chi connectivity index (χ1v) is 10.1. The van der Waals surface area contributed by atoms with Gasteiger partial charge < -0.3 is 9.47 Å². The van der Waals surface area contributed by atoms with E-state index in [0.717, 1.165) is 18.4 Å². The van der Waals surface area contributed by atoms with Gasteiger partial charge in [0.05, 0.1) is 16.6 Å². The molecule has 152 valence electrons. The van der Waals surface area contributed by atoms with Gasteiger partial charge in [-0.3, -0.25) is 24.2 Å². The Morgan fingerprint density at radius 2 is 1.83 bits per heavy atom. The lowest BCUT2D eigenvalue weighted by Gasteiger charge is -2.32. The number of amides is 1. The maximum Gasteiger partial charge on any atom is 0.276 e. The minimum absolute atomic E-state index is 0.0831. The minimum atomic E-state index is -0.176. The third kappa shape index (κ3) is 3.62. The van der Waals surface area contributed by atoms with Crippen molar-refractivity contribution in [3.05, 3.63) is 56.1 Å². The van der Waals surface area contributed by atoms with Crippen LogP contribution in [-0.4, -0.2) is 38.2 Å². The summed E-state index contributed by atoms with van der Waals surface area (Å²) in [4.78, 5) is 39.2. The molecule has 3 aromatic rings. The van der Waals surface area contributed by atoms with Crippen LogP contribution >= 0.6 is 11.6 Å². The lowest BCUT2D eigenvalue weighted by atomic mass is 9.96. The second-order valence-corrected chi connectivity index (χ2v) is 8.10. The van der Waals surface area contributed by atoms with E-state index in [1.54, 1.807) is 30.7 Å². The first kappa shape index (κ1) is 19.5. The molecular formula is C21H23ClN4O3. The zero-order valence-corrected chi connectivity index (χ0v) is 17.2. The molecule has 0 unspecified atom stereocenters. The van der Waals surface area contributed by atoms with Crippen LogP contribution < -0.4 is 11.1 Å². The van der Waals surface area contributed by atoms with E-state index < -0.39 is 0 Å². The van der Waals surface area contributed by atoms with Gasteiger partial charge in [-0.05, 0) is 36.5 Å². The zero-order valence-electron chi connectivity index (χ0n) is 16.4. The van der Waals surface area contributed by atoms with Crippen molar-refractivity contribution in [1.29, 1.82) is 0 Å². The molecule has 1 aliphatic heterocycles. The quantitative estimate of drug-likeness (QED) is 0.715. The van der Waals surface area contributed by atoms with Crippen molar-refractivity contribution >= 4 is 28.4 Å². The standard InChI is InChI=1S/C21H23ClN4O3/c1-13(27)25-9-7-14(8-10-25)12-26-18(28)11-17-19(21(29)24(2)23-17)20(26)15-3-5-16(22)6-4-15/h3-6,11,14,23H,7-10,12H2,1-2H3. The molecule has 0 spiro atoms. The summed E-state index contributed by atoms with van der Waals surface area (Å²) in [6.07, 6.45) is 1.66.